The number of ether oxygens (including phenoxy) is 1. The van der Waals surface area contributed by atoms with Crippen molar-refractivity contribution in [2.45, 2.75) is 6.61 Å². The van der Waals surface area contributed by atoms with Crippen molar-refractivity contribution in [2.75, 3.05) is 0 Å². The number of nitrogens with zero attached hydrogens (tertiary/aromatic N) is 4. The van der Waals surface area contributed by atoms with Crippen molar-refractivity contribution in [1.82, 2.24) is 15.2 Å². The van der Waals surface area contributed by atoms with E-state index in [9.17, 15) is 14.9 Å². The Bertz CT molecular complexity index is 1770. The SMILES string of the molecule is O=C(N/N=C\c1cn(-c2ccc([N+](=O)[O-])cc2)nc1-c1ccc(Br)cc1)c1ccc(OCc2ccc(Cl)cc2Cl)cc1. The Kier molecular flexibility index (Phi) is 8.97. The number of halogens is 3. The summed E-state index contributed by atoms with van der Waals surface area (Å²) < 4.78 is 8.28. The predicted molar refractivity (Wildman–Crippen MR) is 166 cm³/mol. The predicted octanol–water partition coefficient (Wildman–Crippen LogP) is 7.86. The van der Waals surface area contributed by atoms with Crippen molar-refractivity contribution in [3.05, 3.63) is 139 Å². The quantitative estimate of drug-likeness (QED) is 0.0979. The topological polar surface area (TPSA) is 112 Å². The van der Waals surface area contributed by atoms with Crippen LogP contribution in [0.25, 0.3) is 16.9 Å². The van der Waals surface area contributed by atoms with Gasteiger partial charge in [-0.3, -0.25) is 14.9 Å². The zero-order chi connectivity index (χ0) is 29.6. The Morgan fingerprint density at radius 3 is 2.40 bits per heavy atom. The van der Waals surface area contributed by atoms with Crippen LogP contribution in [0.4, 0.5) is 5.69 Å². The smallest absolute Gasteiger partial charge is 0.271 e. The Hall–Kier alpha value is -4.51. The Morgan fingerprint density at radius 1 is 1.02 bits per heavy atom. The molecule has 210 valence electrons. The number of carbonyl (C=O) groups excluding carboxylic acids is 1. The highest BCUT2D eigenvalue weighted by atomic mass is 79.9. The number of amides is 1. The van der Waals surface area contributed by atoms with Crippen molar-refractivity contribution >= 4 is 56.9 Å². The highest BCUT2D eigenvalue weighted by Gasteiger charge is 2.13. The molecule has 0 saturated heterocycles. The van der Waals surface area contributed by atoms with Gasteiger partial charge in [-0.25, -0.2) is 10.1 Å². The number of nitro benzene ring substituents is 1. The number of nitro groups is 1. The molecule has 42 heavy (non-hydrogen) atoms. The van der Waals surface area contributed by atoms with Gasteiger partial charge in [0.05, 0.1) is 16.8 Å². The third-order valence-corrected chi connectivity index (χ3v) is 7.20. The van der Waals surface area contributed by atoms with E-state index in [1.54, 1.807) is 65.5 Å². The van der Waals surface area contributed by atoms with Crippen molar-refractivity contribution < 1.29 is 14.5 Å². The van der Waals surface area contributed by atoms with Gasteiger partial charge in [0, 0.05) is 55.1 Å². The molecule has 12 heteroatoms. The van der Waals surface area contributed by atoms with E-state index in [0.717, 1.165) is 15.6 Å². The van der Waals surface area contributed by atoms with Gasteiger partial charge in [0.25, 0.3) is 11.6 Å². The first-order valence-corrected chi connectivity index (χ1v) is 13.9. The summed E-state index contributed by atoms with van der Waals surface area (Å²) in [5.74, 6) is 0.158. The van der Waals surface area contributed by atoms with Crippen molar-refractivity contribution in [3.8, 4) is 22.7 Å². The highest BCUT2D eigenvalue weighted by Crippen LogP contribution is 2.26. The summed E-state index contributed by atoms with van der Waals surface area (Å²) in [6, 6.07) is 25.4. The van der Waals surface area contributed by atoms with Gasteiger partial charge in [0.15, 0.2) is 0 Å². The van der Waals surface area contributed by atoms with E-state index in [2.05, 4.69) is 31.6 Å². The molecule has 5 rings (SSSR count). The molecule has 0 spiro atoms. The van der Waals surface area contributed by atoms with Gasteiger partial charge in [-0.05, 0) is 60.7 Å². The third kappa shape index (κ3) is 7.03. The van der Waals surface area contributed by atoms with Crippen molar-refractivity contribution in [2.24, 2.45) is 5.10 Å². The zero-order valence-corrected chi connectivity index (χ0v) is 24.7. The van der Waals surface area contributed by atoms with Crippen molar-refractivity contribution in [3.63, 3.8) is 0 Å². The number of non-ortho nitro benzene ring substituents is 1. The zero-order valence-electron chi connectivity index (χ0n) is 21.6. The first-order chi connectivity index (χ1) is 20.3. The number of benzene rings is 4. The molecule has 1 N–H and O–H groups in total. The van der Waals surface area contributed by atoms with Gasteiger partial charge in [-0.2, -0.15) is 10.2 Å². The van der Waals surface area contributed by atoms with Gasteiger partial charge in [0.1, 0.15) is 18.1 Å². The molecular weight excluding hydrogens is 645 g/mol. The van der Waals surface area contributed by atoms with Gasteiger partial charge in [0.2, 0.25) is 0 Å². The minimum atomic E-state index is -0.459. The van der Waals surface area contributed by atoms with Crippen LogP contribution in [0, 0.1) is 10.1 Å². The summed E-state index contributed by atoms with van der Waals surface area (Å²) in [5, 5.41) is 20.9. The van der Waals surface area contributed by atoms with Crippen LogP contribution in [0.15, 0.2) is 107 Å². The molecule has 0 aliphatic carbocycles. The van der Waals surface area contributed by atoms with E-state index in [1.165, 1.54) is 18.3 Å². The number of hydrogen-bond donors (Lipinski definition) is 1. The molecule has 0 aliphatic rings. The van der Waals surface area contributed by atoms with E-state index in [1.807, 2.05) is 24.3 Å². The summed E-state index contributed by atoms with van der Waals surface area (Å²) in [7, 11) is 0. The number of rotatable bonds is 9. The van der Waals surface area contributed by atoms with Gasteiger partial charge in [-0.15, -0.1) is 0 Å². The van der Waals surface area contributed by atoms with Crippen LogP contribution in [0.2, 0.25) is 10.0 Å². The average Bonchev–Trinajstić information content (AvgIpc) is 3.41. The fourth-order valence-electron chi connectivity index (χ4n) is 3.90. The van der Waals surface area contributed by atoms with E-state index in [0.29, 0.717) is 38.3 Å². The van der Waals surface area contributed by atoms with Crippen LogP contribution in [-0.2, 0) is 6.61 Å². The monoisotopic (exact) mass is 663 g/mol. The van der Waals surface area contributed by atoms with E-state index in [-0.39, 0.29) is 12.3 Å². The molecular formula is C30H20BrCl2N5O4. The number of aromatic nitrogens is 2. The molecule has 4 aromatic carbocycles. The van der Waals surface area contributed by atoms with Crippen LogP contribution in [0.3, 0.4) is 0 Å². The maximum atomic E-state index is 12.7. The molecule has 0 radical (unpaired) electrons. The minimum absolute atomic E-state index is 0.0194. The fraction of sp³-hybridized carbons (Fsp3) is 0.0333. The molecule has 1 aromatic heterocycles. The molecule has 0 atom stereocenters. The molecule has 1 amide bonds. The maximum Gasteiger partial charge on any atom is 0.271 e. The summed E-state index contributed by atoms with van der Waals surface area (Å²) >= 11 is 15.6. The Balaban J connectivity index is 1.29. The van der Waals surface area contributed by atoms with E-state index < -0.39 is 10.8 Å². The Morgan fingerprint density at radius 2 is 1.74 bits per heavy atom. The maximum absolute atomic E-state index is 12.7. The normalized spacial score (nSPS) is 11.0. The second kappa shape index (κ2) is 13.0. The minimum Gasteiger partial charge on any atom is -0.489 e. The first-order valence-electron chi connectivity index (χ1n) is 12.4. The largest absolute Gasteiger partial charge is 0.489 e. The number of carbonyl (C=O) groups is 1. The van der Waals surface area contributed by atoms with Gasteiger partial charge >= 0.3 is 0 Å². The van der Waals surface area contributed by atoms with Gasteiger partial charge in [-0.1, -0.05) is 57.3 Å². The van der Waals surface area contributed by atoms with E-state index >= 15 is 0 Å². The molecule has 0 fully saturated rings. The summed E-state index contributed by atoms with van der Waals surface area (Å²) in [6.45, 7) is 0.250. The lowest BCUT2D eigenvalue weighted by Crippen LogP contribution is -2.17. The molecule has 1 heterocycles. The molecule has 0 bridgehead atoms. The lowest BCUT2D eigenvalue weighted by molar-refractivity contribution is -0.384. The molecule has 9 nitrogen and oxygen atoms in total. The molecule has 0 unspecified atom stereocenters. The second-order valence-corrected chi connectivity index (χ2v) is 10.7. The van der Waals surface area contributed by atoms with Crippen LogP contribution in [-0.4, -0.2) is 26.8 Å². The number of hydrazone groups is 1. The van der Waals surface area contributed by atoms with Crippen molar-refractivity contribution in [1.29, 1.82) is 0 Å². The van der Waals surface area contributed by atoms with Crippen LogP contribution in [0.1, 0.15) is 21.5 Å². The standard InChI is InChI=1S/C30H20BrCl2N5O4/c31-23-6-1-19(2-7-23)29-22(17-37(36-29)25-9-11-26(12-10-25)38(40)41)16-34-35-30(39)20-4-13-27(14-5-20)42-18-21-3-8-24(32)15-28(21)33/h1-17H,18H2,(H,35,39)/b34-16-. The third-order valence-electron chi connectivity index (χ3n) is 6.08. The molecule has 0 aliphatic heterocycles. The highest BCUT2D eigenvalue weighted by molar-refractivity contribution is 9.10. The molecule has 0 saturated carbocycles. The van der Waals surface area contributed by atoms with E-state index in [4.69, 9.17) is 27.9 Å². The van der Waals surface area contributed by atoms with Gasteiger partial charge < -0.3 is 4.74 Å². The van der Waals surface area contributed by atoms with Crippen LogP contribution >= 0.6 is 39.1 Å². The summed E-state index contributed by atoms with van der Waals surface area (Å²) in [4.78, 5) is 23.3. The second-order valence-electron chi connectivity index (χ2n) is 8.91. The number of hydrogen-bond acceptors (Lipinski definition) is 6. The summed E-state index contributed by atoms with van der Waals surface area (Å²) in [5.41, 5.74) is 6.38. The van der Waals surface area contributed by atoms with Crippen LogP contribution in [0.5, 0.6) is 5.75 Å². The average molecular weight is 665 g/mol. The number of nitrogens with one attached hydrogen (secondary N) is 1. The van der Waals surface area contributed by atoms with Crippen LogP contribution < -0.4 is 10.2 Å². The fourth-order valence-corrected chi connectivity index (χ4v) is 4.63. The lowest BCUT2D eigenvalue weighted by atomic mass is 10.1. The molecule has 5 aromatic rings. The summed E-state index contributed by atoms with van der Waals surface area (Å²) in [6.07, 6.45) is 3.23. The lowest BCUT2D eigenvalue weighted by Gasteiger charge is -2.08. The first kappa shape index (κ1) is 29.0. The Labute approximate surface area is 258 Å².